The van der Waals surface area contributed by atoms with Gasteiger partial charge in [0.1, 0.15) is 0 Å². The molecule has 0 saturated heterocycles. The lowest BCUT2D eigenvalue weighted by atomic mass is 10.0. The average Bonchev–Trinajstić information content (AvgIpc) is 2.50. The molecule has 25 heavy (non-hydrogen) atoms. The summed E-state index contributed by atoms with van der Waals surface area (Å²) in [7, 11) is -5.84. The van der Waals surface area contributed by atoms with Crippen LogP contribution in [0.2, 0.25) is 0 Å². The number of hydrogen-bond acceptors (Lipinski definition) is 4. The van der Waals surface area contributed by atoms with Crippen LogP contribution in [0.3, 0.4) is 0 Å². The molecule has 0 unspecified atom stereocenters. The molecule has 0 fully saturated rings. The average molecular weight is 373 g/mol. The number of aromatic nitrogens is 1. The van der Waals surface area contributed by atoms with E-state index >= 15 is 0 Å². The van der Waals surface area contributed by atoms with Gasteiger partial charge in [0.2, 0.25) is 0 Å². The first-order chi connectivity index (χ1) is 11.5. The molecule has 0 saturated carbocycles. The van der Waals surface area contributed by atoms with Crippen LogP contribution in [0.5, 0.6) is 0 Å². The SMILES string of the molecule is O=C(O)c1c2ccccc2nc2ccccc12.O=S(=O)(O)C(F)(F)F. The summed E-state index contributed by atoms with van der Waals surface area (Å²) in [5.41, 5.74) is -3.79. The maximum absolute atomic E-state index is 11.4. The van der Waals surface area contributed by atoms with Crippen LogP contribution in [0.4, 0.5) is 13.2 Å². The monoisotopic (exact) mass is 373 g/mol. The van der Waals surface area contributed by atoms with Gasteiger partial charge in [-0.05, 0) is 12.1 Å². The third-order valence-electron chi connectivity index (χ3n) is 3.09. The van der Waals surface area contributed by atoms with E-state index in [0.29, 0.717) is 27.4 Å². The Balaban J connectivity index is 0.000000242. The Kier molecular flexibility index (Phi) is 4.95. The van der Waals surface area contributed by atoms with Gasteiger partial charge in [-0.25, -0.2) is 9.78 Å². The Hall–Kier alpha value is -2.72. The summed E-state index contributed by atoms with van der Waals surface area (Å²) in [6.45, 7) is 0. The van der Waals surface area contributed by atoms with E-state index in [1.807, 2.05) is 36.4 Å². The molecule has 0 aliphatic rings. The standard InChI is InChI=1S/C14H9NO2.CHF3O3S/c16-14(17)13-9-5-1-3-7-11(9)15-12-8-4-2-6-10(12)13;2-1(3,4)8(5,6)7/h1-8H,(H,16,17);(H,5,6,7). The van der Waals surface area contributed by atoms with Gasteiger partial charge in [0.05, 0.1) is 16.6 Å². The molecule has 0 aliphatic carbocycles. The number of pyridine rings is 1. The van der Waals surface area contributed by atoms with Gasteiger partial charge in [-0.1, -0.05) is 36.4 Å². The van der Waals surface area contributed by atoms with E-state index < -0.39 is 21.6 Å². The third-order valence-corrected chi connectivity index (χ3v) is 3.68. The number of carbonyl (C=O) groups is 1. The van der Waals surface area contributed by atoms with Crippen molar-refractivity contribution >= 4 is 37.9 Å². The molecule has 2 N–H and O–H groups in total. The van der Waals surface area contributed by atoms with Crippen LogP contribution in [-0.4, -0.2) is 34.5 Å². The van der Waals surface area contributed by atoms with Crippen molar-refractivity contribution in [1.82, 2.24) is 4.98 Å². The van der Waals surface area contributed by atoms with Gasteiger partial charge < -0.3 is 5.11 Å². The Labute approximate surface area is 139 Å². The number of fused-ring (bicyclic) bond motifs is 2. The van der Waals surface area contributed by atoms with Gasteiger partial charge >= 0.3 is 21.6 Å². The number of benzene rings is 2. The summed E-state index contributed by atoms with van der Waals surface area (Å²) in [5.74, 6) is -0.917. The molecule has 0 radical (unpaired) electrons. The first-order valence-electron chi connectivity index (χ1n) is 6.57. The normalized spacial score (nSPS) is 11.8. The van der Waals surface area contributed by atoms with Crippen molar-refractivity contribution < 1.29 is 36.0 Å². The van der Waals surface area contributed by atoms with Gasteiger partial charge in [-0.3, -0.25) is 4.55 Å². The number of hydrogen-bond donors (Lipinski definition) is 2. The number of nitrogens with zero attached hydrogens (tertiary/aromatic N) is 1. The lowest BCUT2D eigenvalue weighted by Gasteiger charge is -2.06. The van der Waals surface area contributed by atoms with E-state index in [0.717, 1.165) is 0 Å². The largest absolute Gasteiger partial charge is 0.522 e. The number of rotatable bonds is 1. The van der Waals surface area contributed by atoms with Gasteiger partial charge in [0.25, 0.3) is 0 Å². The molecule has 0 aliphatic heterocycles. The van der Waals surface area contributed by atoms with Crippen molar-refractivity contribution in [3.05, 3.63) is 54.1 Å². The lowest BCUT2D eigenvalue weighted by molar-refractivity contribution is -0.0510. The number of para-hydroxylation sites is 2. The van der Waals surface area contributed by atoms with Crippen molar-refractivity contribution in [1.29, 1.82) is 0 Å². The van der Waals surface area contributed by atoms with Gasteiger partial charge in [-0.2, -0.15) is 21.6 Å². The Morgan fingerprint density at radius 2 is 1.28 bits per heavy atom. The molecule has 2 aromatic carbocycles. The Morgan fingerprint density at radius 3 is 1.60 bits per heavy atom. The van der Waals surface area contributed by atoms with Crippen molar-refractivity contribution in [2.24, 2.45) is 0 Å². The van der Waals surface area contributed by atoms with Crippen LogP contribution < -0.4 is 0 Å². The molecule has 3 rings (SSSR count). The van der Waals surface area contributed by atoms with Crippen LogP contribution in [0.15, 0.2) is 48.5 Å². The van der Waals surface area contributed by atoms with Crippen LogP contribution in [0.1, 0.15) is 10.4 Å². The van der Waals surface area contributed by atoms with Crippen LogP contribution >= 0.6 is 0 Å². The zero-order valence-corrected chi connectivity index (χ0v) is 13.0. The minimum atomic E-state index is -5.84. The fraction of sp³-hybridized carbons (Fsp3) is 0.0667. The number of halogens is 3. The van der Waals surface area contributed by atoms with E-state index in [-0.39, 0.29) is 0 Å². The number of alkyl halides is 3. The fourth-order valence-corrected chi connectivity index (χ4v) is 2.07. The molecule has 0 amide bonds. The predicted molar refractivity (Wildman–Crippen MR) is 83.8 cm³/mol. The number of carboxylic acids is 1. The van der Waals surface area contributed by atoms with Crippen molar-refractivity contribution in [2.75, 3.05) is 0 Å². The minimum Gasteiger partial charge on any atom is -0.478 e. The van der Waals surface area contributed by atoms with Gasteiger partial charge in [-0.15, -0.1) is 0 Å². The summed E-state index contributed by atoms with van der Waals surface area (Å²) < 4.78 is 57.5. The molecule has 6 nitrogen and oxygen atoms in total. The highest BCUT2D eigenvalue weighted by atomic mass is 32.2. The smallest absolute Gasteiger partial charge is 0.478 e. The highest BCUT2D eigenvalue weighted by molar-refractivity contribution is 7.86. The second kappa shape index (κ2) is 6.65. The fourth-order valence-electron chi connectivity index (χ4n) is 2.07. The van der Waals surface area contributed by atoms with E-state index in [1.54, 1.807) is 12.1 Å². The molecule has 0 spiro atoms. The van der Waals surface area contributed by atoms with Crippen LogP contribution in [0, 0.1) is 0 Å². The predicted octanol–water partition coefficient (Wildman–Crippen LogP) is 3.48. The summed E-state index contributed by atoms with van der Waals surface area (Å²) in [5, 5.41) is 10.7. The Bertz CT molecular complexity index is 994. The highest BCUT2D eigenvalue weighted by Gasteiger charge is 2.44. The highest BCUT2D eigenvalue weighted by Crippen LogP contribution is 2.25. The quantitative estimate of drug-likeness (QED) is 0.384. The molecule has 1 heterocycles. The van der Waals surface area contributed by atoms with E-state index in [1.165, 1.54) is 0 Å². The zero-order chi connectivity index (χ0) is 18.8. The Morgan fingerprint density at radius 1 is 0.920 bits per heavy atom. The molecule has 1 aromatic heterocycles. The zero-order valence-electron chi connectivity index (χ0n) is 12.2. The number of aromatic carboxylic acids is 1. The van der Waals surface area contributed by atoms with Gasteiger partial charge in [0.15, 0.2) is 0 Å². The topological polar surface area (TPSA) is 105 Å². The molecule has 0 bridgehead atoms. The number of carboxylic acid groups (broad SMARTS) is 1. The lowest BCUT2D eigenvalue weighted by Crippen LogP contribution is -2.21. The summed E-state index contributed by atoms with van der Waals surface area (Å²) in [6.07, 6.45) is 0. The molecule has 0 atom stereocenters. The van der Waals surface area contributed by atoms with E-state index in [2.05, 4.69) is 4.98 Å². The van der Waals surface area contributed by atoms with Crippen molar-refractivity contribution in [2.45, 2.75) is 5.51 Å². The van der Waals surface area contributed by atoms with Crippen molar-refractivity contribution in [3.8, 4) is 0 Å². The molecular formula is C15H10F3NO5S. The second-order valence-electron chi connectivity index (χ2n) is 4.75. The summed E-state index contributed by atoms with van der Waals surface area (Å²) in [6, 6.07) is 14.6. The van der Waals surface area contributed by atoms with Crippen LogP contribution in [-0.2, 0) is 10.1 Å². The summed E-state index contributed by atoms with van der Waals surface area (Å²) in [4.78, 5) is 15.9. The van der Waals surface area contributed by atoms with E-state index in [9.17, 15) is 23.1 Å². The van der Waals surface area contributed by atoms with Crippen molar-refractivity contribution in [3.63, 3.8) is 0 Å². The summed E-state index contributed by atoms with van der Waals surface area (Å²) >= 11 is 0. The van der Waals surface area contributed by atoms with Crippen LogP contribution in [0.25, 0.3) is 21.8 Å². The molecule has 132 valence electrons. The third kappa shape index (κ3) is 4.03. The maximum atomic E-state index is 11.4. The molecule has 10 heteroatoms. The first kappa shape index (κ1) is 18.6. The maximum Gasteiger partial charge on any atom is 0.522 e. The first-order valence-corrected chi connectivity index (χ1v) is 8.01. The molecule has 3 aromatic rings. The van der Waals surface area contributed by atoms with Gasteiger partial charge in [0, 0.05) is 10.8 Å². The second-order valence-corrected chi connectivity index (χ2v) is 6.16. The minimum absolute atomic E-state index is 0.325. The molecular weight excluding hydrogens is 363 g/mol. The van der Waals surface area contributed by atoms with E-state index in [4.69, 9.17) is 13.0 Å².